The molecule has 1 N–H and O–H groups in total. The maximum atomic E-state index is 12.5. The minimum atomic E-state index is -0.902. The van der Waals surface area contributed by atoms with E-state index in [0.717, 1.165) is 5.69 Å². The van der Waals surface area contributed by atoms with Gasteiger partial charge in [0.15, 0.2) is 0 Å². The summed E-state index contributed by atoms with van der Waals surface area (Å²) >= 11 is 0. The molecule has 6 nitrogen and oxygen atoms in total. The molecular formula is C13H21N3O3. The van der Waals surface area contributed by atoms with E-state index in [2.05, 4.69) is 5.10 Å². The Morgan fingerprint density at radius 1 is 1.47 bits per heavy atom. The van der Waals surface area contributed by atoms with Gasteiger partial charge in [0, 0.05) is 25.8 Å². The lowest BCUT2D eigenvalue weighted by Crippen LogP contribution is -2.38. The van der Waals surface area contributed by atoms with Crippen LogP contribution in [0.1, 0.15) is 43.2 Å². The number of carboxylic acid groups (broad SMARTS) is 1. The average Bonchev–Trinajstić information content (AvgIpc) is 2.69. The van der Waals surface area contributed by atoms with Crippen LogP contribution in [0.15, 0.2) is 6.20 Å². The molecule has 0 saturated carbocycles. The number of amides is 1. The zero-order valence-corrected chi connectivity index (χ0v) is 11.9. The van der Waals surface area contributed by atoms with E-state index in [1.807, 2.05) is 20.8 Å². The zero-order chi connectivity index (χ0) is 14.6. The molecule has 0 bridgehead atoms. The lowest BCUT2D eigenvalue weighted by molar-refractivity contribution is -0.137. The van der Waals surface area contributed by atoms with E-state index in [4.69, 9.17) is 5.11 Å². The van der Waals surface area contributed by atoms with Crippen molar-refractivity contribution in [3.05, 3.63) is 17.5 Å². The fourth-order valence-electron chi connectivity index (χ4n) is 1.94. The molecule has 1 amide bonds. The number of rotatable bonds is 6. The molecule has 106 valence electrons. The largest absolute Gasteiger partial charge is 0.481 e. The van der Waals surface area contributed by atoms with E-state index in [0.29, 0.717) is 12.0 Å². The van der Waals surface area contributed by atoms with Gasteiger partial charge in [-0.25, -0.2) is 0 Å². The molecule has 1 rings (SSSR count). The average molecular weight is 267 g/mol. The highest BCUT2D eigenvalue weighted by molar-refractivity contribution is 5.95. The monoisotopic (exact) mass is 267 g/mol. The van der Waals surface area contributed by atoms with Crippen molar-refractivity contribution < 1.29 is 14.7 Å². The van der Waals surface area contributed by atoms with Gasteiger partial charge in [0.1, 0.15) is 0 Å². The first-order chi connectivity index (χ1) is 8.86. The van der Waals surface area contributed by atoms with Crippen LogP contribution in [-0.4, -0.2) is 44.3 Å². The fraction of sp³-hybridized carbons (Fsp3) is 0.615. The number of carbonyl (C=O) groups is 2. The summed E-state index contributed by atoms with van der Waals surface area (Å²) in [6.45, 7) is 5.91. The number of hydrogen-bond acceptors (Lipinski definition) is 3. The fourth-order valence-corrected chi connectivity index (χ4v) is 1.94. The second-order valence-corrected chi connectivity index (χ2v) is 4.75. The highest BCUT2D eigenvalue weighted by atomic mass is 16.4. The van der Waals surface area contributed by atoms with Crippen LogP contribution in [0, 0.1) is 0 Å². The molecule has 0 unspecified atom stereocenters. The van der Waals surface area contributed by atoms with E-state index in [-0.39, 0.29) is 24.9 Å². The van der Waals surface area contributed by atoms with Crippen molar-refractivity contribution in [2.24, 2.45) is 7.05 Å². The number of aliphatic carboxylic acids is 1. The molecule has 19 heavy (non-hydrogen) atoms. The van der Waals surface area contributed by atoms with Crippen LogP contribution in [0.3, 0.4) is 0 Å². The van der Waals surface area contributed by atoms with Crippen molar-refractivity contribution in [2.45, 2.75) is 39.7 Å². The van der Waals surface area contributed by atoms with Crippen LogP contribution in [-0.2, 0) is 18.3 Å². The van der Waals surface area contributed by atoms with Crippen molar-refractivity contribution in [2.75, 3.05) is 6.54 Å². The van der Waals surface area contributed by atoms with Gasteiger partial charge in [-0.05, 0) is 20.3 Å². The topological polar surface area (TPSA) is 75.4 Å². The Balaban J connectivity index is 2.95. The third-order valence-electron chi connectivity index (χ3n) is 2.92. The number of carbonyl (C=O) groups excluding carboxylic acids is 1. The molecule has 0 spiro atoms. The quantitative estimate of drug-likeness (QED) is 0.843. The minimum absolute atomic E-state index is 0.0447. The third-order valence-corrected chi connectivity index (χ3v) is 2.92. The number of hydrogen-bond donors (Lipinski definition) is 1. The highest BCUT2D eigenvalue weighted by Crippen LogP contribution is 2.13. The summed E-state index contributed by atoms with van der Waals surface area (Å²) in [6.07, 6.45) is 2.32. The van der Waals surface area contributed by atoms with Gasteiger partial charge >= 0.3 is 5.97 Å². The van der Waals surface area contributed by atoms with Gasteiger partial charge in [-0.3, -0.25) is 14.3 Å². The number of aromatic nitrogens is 2. The second kappa shape index (κ2) is 6.36. The summed E-state index contributed by atoms with van der Waals surface area (Å²) in [4.78, 5) is 24.7. The van der Waals surface area contributed by atoms with E-state index >= 15 is 0 Å². The van der Waals surface area contributed by atoms with E-state index in [1.54, 1.807) is 22.8 Å². The molecule has 1 aromatic heterocycles. The summed E-state index contributed by atoms with van der Waals surface area (Å²) < 4.78 is 1.61. The molecule has 0 aliphatic heterocycles. The molecule has 0 atom stereocenters. The van der Waals surface area contributed by atoms with Gasteiger partial charge in [0.25, 0.3) is 5.91 Å². The predicted octanol–water partition coefficient (Wildman–Crippen LogP) is 1.31. The van der Waals surface area contributed by atoms with Gasteiger partial charge in [-0.2, -0.15) is 5.10 Å². The molecule has 1 heterocycles. The first-order valence-corrected chi connectivity index (χ1v) is 6.42. The molecule has 6 heteroatoms. The lowest BCUT2D eigenvalue weighted by Gasteiger charge is -2.26. The van der Waals surface area contributed by atoms with Gasteiger partial charge < -0.3 is 10.0 Å². The summed E-state index contributed by atoms with van der Waals surface area (Å²) in [5.41, 5.74) is 1.30. The van der Waals surface area contributed by atoms with Crippen LogP contribution >= 0.6 is 0 Å². The Morgan fingerprint density at radius 3 is 2.58 bits per heavy atom. The van der Waals surface area contributed by atoms with Crippen molar-refractivity contribution in [1.82, 2.24) is 14.7 Å². The molecule has 1 aromatic rings. The van der Waals surface area contributed by atoms with Gasteiger partial charge in [0.2, 0.25) is 0 Å². The van der Waals surface area contributed by atoms with Crippen LogP contribution in [0.2, 0.25) is 0 Å². The summed E-state index contributed by atoms with van der Waals surface area (Å²) in [7, 11) is 1.77. The molecule has 0 aliphatic carbocycles. The Kier molecular flexibility index (Phi) is 5.09. The molecule has 0 aliphatic rings. The SMILES string of the molecule is CCc1nn(C)cc1C(=O)N(CCC(=O)O)C(C)C. The number of nitrogens with zero attached hydrogens (tertiary/aromatic N) is 3. The molecule has 0 radical (unpaired) electrons. The highest BCUT2D eigenvalue weighted by Gasteiger charge is 2.23. The summed E-state index contributed by atoms with van der Waals surface area (Å²) in [5.74, 6) is -1.05. The lowest BCUT2D eigenvalue weighted by atomic mass is 10.1. The smallest absolute Gasteiger partial charge is 0.305 e. The van der Waals surface area contributed by atoms with E-state index in [9.17, 15) is 9.59 Å². The van der Waals surface area contributed by atoms with Crippen LogP contribution in [0.5, 0.6) is 0 Å². The van der Waals surface area contributed by atoms with E-state index in [1.165, 1.54) is 0 Å². The van der Waals surface area contributed by atoms with Crippen molar-refractivity contribution in [1.29, 1.82) is 0 Å². The predicted molar refractivity (Wildman–Crippen MR) is 71.0 cm³/mol. The Hall–Kier alpha value is -1.85. The first kappa shape index (κ1) is 15.2. The molecule has 0 saturated heterocycles. The Labute approximate surface area is 113 Å². The maximum absolute atomic E-state index is 12.5. The minimum Gasteiger partial charge on any atom is -0.481 e. The first-order valence-electron chi connectivity index (χ1n) is 6.42. The number of carboxylic acids is 1. The van der Waals surface area contributed by atoms with Crippen LogP contribution in [0.4, 0.5) is 0 Å². The Morgan fingerprint density at radius 2 is 2.11 bits per heavy atom. The maximum Gasteiger partial charge on any atom is 0.305 e. The number of aryl methyl sites for hydroxylation is 2. The Bertz CT molecular complexity index is 466. The van der Waals surface area contributed by atoms with Gasteiger partial charge in [-0.1, -0.05) is 6.92 Å². The standard InChI is InChI=1S/C13H21N3O3/c1-5-11-10(8-15(4)14-11)13(19)16(9(2)3)7-6-12(17)18/h8-9H,5-7H2,1-4H3,(H,17,18). The van der Waals surface area contributed by atoms with Crippen molar-refractivity contribution in [3.8, 4) is 0 Å². The molecule has 0 aromatic carbocycles. The van der Waals surface area contributed by atoms with Gasteiger partial charge in [0.05, 0.1) is 17.7 Å². The summed E-state index contributed by atoms with van der Waals surface area (Å²) in [5, 5.41) is 13.0. The van der Waals surface area contributed by atoms with Crippen molar-refractivity contribution in [3.63, 3.8) is 0 Å². The normalized spacial score (nSPS) is 10.8. The van der Waals surface area contributed by atoms with Crippen LogP contribution < -0.4 is 0 Å². The summed E-state index contributed by atoms with van der Waals surface area (Å²) in [6, 6.07) is -0.0447. The van der Waals surface area contributed by atoms with Crippen molar-refractivity contribution >= 4 is 11.9 Å². The molecular weight excluding hydrogens is 246 g/mol. The molecule has 0 fully saturated rings. The zero-order valence-electron chi connectivity index (χ0n) is 11.9. The second-order valence-electron chi connectivity index (χ2n) is 4.75. The van der Waals surface area contributed by atoms with E-state index < -0.39 is 5.97 Å². The van der Waals surface area contributed by atoms with Crippen LogP contribution in [0.25, 0.3) is 0 Å². The third kappa shape index (κ3) is 3.81. The van der Waals surface area contributed by atoms with Gasteiger partial charge in [-0.15, -0.1) is 0 Å².